The summed E-state index contributed by atoms with van der Waals surface area (Å²) in [5.74, 6) is 0.996. The number of ether oxygens (including phenoxy) is 2. The molecule has 1 aliphatic heterocycles. The van der Waals surface area contributed by atoms with Gasteiger partial charge in [-0.05, 0) is 37.1 Å². The van der Waals surface area contributed by atoms with E-state index in [0.717, 1.165) is 25.7 Å². The SMILES string of the molecule is COc1ccc(NCC(=O)c2cccc(S(=O)(=O)N3CCCCCC3)c2)c(OC)c1. The normalized spacial score (nSPS) is 15.3. The van der Waals surface area contributed by atoms with Crippen molar-refractivity contribution < 1.29 is 22.7 Å². The molecule has 1 heterocycles. The van der Waals surface area contributed by atoms with Crippen molar-refractivity contribution in [3.05, 3.63) is 48.0 Å². The topological polar surface area (TPSA) is 84.9 Å². The summed E-state index contributed by atoms with van der Waals surface area (Å²) in [5, 5.41) is 3.05. The monoisotopic (exact) mass is 432 g/mol. The molecule has 0 aromatic heterocycles. The summed E-state index contributed by atoms with van der Waals surface area (Å²) in [6.45, 7) is 1.06. The van der Waals surface area contributed by atoms with Gasteiger partial charge in [-0.3, -0.25) is 4.79 Å². The van der Waals surface area contributed by atoms with Gasteiger partial charge in [-0.15, -0.1) is 0 Å². The molecule has 8 heteroatoms. The molecular formula is C22H28N2O5S. The predicted octanol–water partition coefficient (Wildman–Crippen LogP) is 3.56. The summed E-state index contributed by atoms with van der Waals surface area (Å²) >= 11 is 0. The fourth-order valence-electron chi connectivity index (χ4n) is 3.48. The van der Waals surface area contributed by atoms with Crippen LogP contribution in [0, 0.1) is 0 Å². The second-order valence-electron chi connectivity index (χ2n) is 7.19. The van der Waals surface area contributed by atoms with Gasteiger partial charge in [-0.1, -0.05) is 25.0 Å². The zero-order valence-corrected chi connectivity index (χ0v) is 18.2. The quantitative estimate of drug-likeness (QED) is 0.642. The van der Waals surface area contributed by atoms with Crippen molar-refractivity contribution in [2.45, 2.75) is 30.6 Å². The Kier molecular flexibility index (Phi) is 7.33. The van der Waals surface area contributed by atoms with Crippen LogP contribution < -0.4 is 14.8 Å². The van der Waals surface area contributed by atoms with E-state index in [1.54, 1.807) is 50.6 Å². The Balaban J connectivity index is 1.73. The van der Waals surface area contributed by atoms with E-state index < -0.39 is 10.0 Å². The van der Waals surface area contributed by atoms with Crippen molar-refractivity contribution in [1.82, 2.24) is 4.31 Å². The summed E-state index contributed by atoms with van der Waals surface area (Å²) in [6, 6.07) is 11.5. The maximum absolute atomic E-state index is 13.0. The Hall–Kier alpha value is -2.58. The van der Waals surface area contributed by atoms with Gasteiger partial charge < -0.3 is 14.8 Å². The number of rotatable bonds is 8. The van der Waals surface area contributed by atoms with E-state index >= 15 is 0 Å². The molecule has 2 aromatic carbocycles. The molecule has 0 atom stereocenters. The van der Waals surface area contributed by atoms with E-state index in [0.29, 0.717) is 35.8 Å². The molecule has 1 N–H and O–H groups in total. The molecule has 1 fully saturated rings. The molecule has 1 saturated heterocycles. The summed E-state index contributed by atoms with van der Waals surface area (Å²) in [5.41, 5.74) is 1.01. The first-order valence-corrected chi connectivity index (χ1v) is 11.5. The summed E-state index contributed by atoms with van der Waals surface area (Å²) in [7, 11) is -0.492. The molecule has 0 aliphatic carbocycles. The van der Waals surface area contributed by atoms with Crippen LogP contribution in [0.25, 0.3) is 0 Å². The molecule has 7 nitrogen and oxygen atoms in total. The Morgan fingerprint density at radius 1 is 1.00 bits per heavy atom. The fraction of sp³-hybridized carbons (Fsp3) is 0.409. The molecule has 30 heavy (non-hydrogen) atoms. The number of hydrogen-bond acceptors (Lipinski definition) is 6. The number of hydrogen-bond donors (Lipinski definition) is 1. The lowest BCUT2D eigenvalue weighted by atomic mass is 10.1. The van der Waals surface area contributed by atoms with E-state index in [9.17, 15) is 13.2 Å². The maximum Gasteiger partial charge on any atom is 0.243 e. The average Bonchev–Trinajstić information content (AvgIpc) is 3.07. The van der Waals surface area contributed by atoms with Crippen molar-refractivity contribution in [2.24, 2.45) is 0 Å². The smallest absolute Gasteiger partial charge is 0.243 e. The fourth-order valence-corrected chi connectivity index (χ4v) is 5.05. The minimum absolute atomic E-state index is 0.00983. The third-order valence-electron chi connectivity index (χ3n) is 5.21. The van der Waals surface area contributed by atoms with Gasteiger partial charge in [0.25, 0.3) is 0 Å². The number of anilines is 1. The van der Waals surface area contributed by atoms with Crippen LogP contribution in [0.5, 0.6) is 11.5 Å². The standard InChI is InChI=1S/C22H28N2O5S/c1-28-18-10-11-20(22(15-18)29-2)23-16-21(25)17-8-7-9-19(14-17)30(26,27)24-12-5-3-4-6-13-24/h7-11,14-15,23H,3-6,12-13,16H2,1-2H3. The van der Waals surface area contributed by atoms with Gasteiger partial charge >= 0.3 is 0 Å². The Morgan fingerprint density at radius 2 is 1.73 bits per heavy atom. The van der Waals surface area contributed by atoms with Gasteiger partial charge in [0.1, 0.15) is 11.5 Å². The van der Waals surface area contributed by atoms with Gasteiger partial charge in [0.2, 0.25) is 10.0 Å². The zero-order valence-electron chi connectivity index (χ0n) is 17.4. The Bertz CT molecular complexity index is 983. The molecule has 2 aromatic rings. The molecular weight excluding hydrogens is 404 g/mol. The molecule has 0 saturated carbocycles. The van der Waals surface area contributed by atoms with Gasteiger partial charge in [0.15, 0.2) is 5.78 Å². The van der Waals surface area contributed by atoms with Crippen molar-refractivity contribution in [3.63, 3.8) is 0 Å². The van der Waals surface area contributed by atoms with Crippen LogP contribution >= 0.6 is 0 Å². The second kappa shape index (κ2) is 9.95. The minimum Gasteiger partial charge on any atom is -0.497 e. The van der Waals surface area contributed by atoms with E-state index in [1.165, 1.54) is 10.4 Å². The second-order valence-corrected chi connectivity index (χ2v) is 9.13. The van der Waals surface area contributed by atoms with Crippen LogP contribution in [0.2, 0.25) is 0 Å². The number of nitrogens with zero attached hydrogens (tertiary/aromatic N) is 1. The van der Waals surface area contributed by atoms with Crippen molar-refractivity contribution in [2.75, 3.05) is 39.2 Å². The van der Waals surface area contributed by atoms with E-state index in [4.69, 9.17) is 9.47 Å². The number of carbonyl (C=O) groups excluding carboxylic acids is 1. The van der Waals surface area contributed by atoms with Crippen LogP contribution in [0.15, 0.2) is 47.4 Å². The highest BCUT2D eigenvalue weighted by Gasteiger charge is 2.25. The molecule has 3 rings (SSSR count). The first-order valence-electron chi connectivity index (χ1n) is 10.0. The zero-order chi connectivity index (χ0) is 21.6. The number of nitrogens with one attached hydrogen (secondary N) is 1. The van der Waals surface area contributed by atoms with E-state index in [1.807, 2.05) is 0 Å². The third-order valence-corrected chi connectivity index (χ3v) is 7.10. The minimum atomic E-state index is -3.60. The number of carbonyl (C=O) groups is 1. The lowest BCUT2D eigenvalue weighted by Crippen LogP contribution is -2.32. The van der Waals surface area contributed by atoms with Gasteiger partial charge in [0.05, 0.1) is 31.3 Å². The third kappa shape index (κ3) is 5.12. The Morgan fingerprint density at radius 3 is 2.40 bits per heavy atom. The average molecular weight is 433 g/mol. The molecule has 0 unspecified atom stereocenters. The number of Topliss-reactive ketones (excluding diaryl/α,β-unsaturated/α-hetero) is 1. The van der Waals surface area contributed by atoms with E-state index in [2.05, 4.69) is 5.32 Å². The summed E-state index contributed by atoms with van der Waals surface area (Å²) < 4.78 is 38.1. The predicted molar refractivity (Wildman–Crippen MR) is 116 cm³/mol. The van der Waals surface area contributed by atoms with Crippen LogP contribution in [-0.4, -0.2) is 52.4 Å². The lowest BCUT2D eigenvalue weighted by molar-refractivity contribution is 0.101. The number of benzene rings is 2. The highest BCUT2D eigenvalue weighted by atomic mass is 32.2. The van der Waals surface area contributed by atoms with Crippen LogP contribution in [0.4, 0.5) is 5.69 Å². The van der Waals surface area contributed by atoms with Crippen molar-refractivity contribution in [3.8, 4) is 11.5 Å². The van der Waals surface area contributed by atoms with Crippen molar-refractivity contribution >= 4 is 21.5 Å². The first-order chi connectivity index (χ1) is 14.5. The van der Waals surface area contributed by atoms with Crippen LogP contribution in [0.1, 0.15) is 36.0 Å². The van der Waals surface area contributed by atoms with Crippen LogP contribution in [-0.2, 0) is 10.0 Å². The van der Waals surface area contributed by atoms with E-state index in [-0.39, 0.29) is 17.2 Å². The number of ketones is 1. The molecule has 0 radical (unpaired) electrons. The maximum atomic E-state index is 13.0. The largest absolute Gasteiger partial charge is 0.497 e. The molecule has 162 valence electrons. The highest BCUT2D eigenvalue weighted by Crippen LogP contribution is 2.29. The van der Waals surface area contributed by atoms with Gasteiger partial charge in [-0.25, -0.2) is 8.42 Å². The Labute approximate surface area is 178 Å². The first kappa shape index (κ1) is 22.1. The molecule has 1 aliphatic rings. The molecule has 0 spiro atoms. The molecule has 0 bridgehead atoms. The molecule has 0 amide bonds. The lowest BCUT2D eigenvalue weighted by Gasteiger charge is -2.20. The summed E-state index contributed by atoms with van der Waals surface area (Å²) in [6.07, 6.45) is 3.83. The van der Waals surface area contributed by atoms with Gasteiger partial charge in [-0.2, -0.15) is 4.31 Å². The van der Waals surface area contributed by atoms with Crippen molar-refractivity contribution in [1.29, 1.82) is 0 Å². The van der Waals surface area contributed by atoms with Crippen LogP contribution in [0.3, 0.4) is 0 Å². The highest BCUT2D eigenvalue weighted by molar-refractivity contribution is 7.89. The summed E-state index contributed by atoms with van der Waals surface area (Å²) in [4.78, 5) is 12.9. The number of sulfonamides is 1. The number of methoxy groups -OCH3 is 2. The van der Waals surface area contributed by atoms with Gasteiger partial charge in [0, 0.05) is 24.7 Å².